The summed E-state index contributed by atoms with van der Waals surface area (Å²) >= 11 is 5.94. The van der Waals surface area contributed by atoms with Gasteiger partial charge in [-0.2, -0.15) is 4.98 Å². The number of hydrogen-bond acceptors (Lipinski definition) is 4. The summed E-state index contributed by atoms with van der Waals surface area (Å²) in [7, 11) is 0. The number of rotatable bonds is 2. The highest BCUT2D eigenvalue weighted by Crippen LogP contribution is 2.37. The maximum absolute atomic E-state index is 13.4. The maximum atomic E-state index is 13.4. The molecule has 0 bridgehead atoms. The zero-order valence-electron chi connectivity index (χ0n) is 16.2. The van der Waals surface area contributed by atoms with Gasteiger partial charge in [-0.15, -0.1) is 0 Å². The van der Waals surface area contributed by atoms with E-state index in [0.717, 1.165) is 12.1 Å². The SMILES string of the molecule is O=C(Nc1ccc(Cl)cc1)c1c2c(c3n1CCC3)c(=O)nc1n2C(=O)c2ccccc2-1. The standard InChI is InChI=1S/C23H15ClN4O3/c24-12-7-9-13(10-8-12)25-22(30)19-18-17(16-6-3-11-27(16)19)21(29)26-20-14-4-1-2-5-15(14)23(31)28(18)20/h1-2,4-5,7-10H,3,6,11H2,(H,25,30). The van der Waals surface area contributed by atoms with Crippen molar-refractivity contribution in [3.8, 4) is 11.4 Å². The van der Waals surface area contributed by atoms with Crippen molar-refractivity contribution >= 4 is 40.0 Å². The van der Waals surface area contributed by atoms with Crippen LogP contribution in [0.25, 0.3) is 22.3 Å². The molecule has 4 aromatic rings. The first-order valence-corrected chi connectivity index (χ1v) is 10.3. The van der Waals surface area contributed by atoms with Crippen LogP contribution in [0.3, 0.4) is 0 Å². The summed E-state index contributed by atoms with van der Waals surface area (Å²) in [5, 5.41) is 3.79. The highest BCUT2D eigenvalue weighted by atomic mass is 35.5. The predicted octanol–water partition coefficient (Wildman–Crippen LogP) is 3.72. The van der Waals surface area contributed by atoms with E-state index in [9.17, 15) is 14.4 Å². The first kappa shape index (κ1) is 18.1. The average Bonchev–Trinajstić information content (AvgIpc) is 3.42. The average molecular weight is 431 g/mol. The maximum Gasteiger partial charge on any atom is 0.282 e. The van der Waals surface area contributed by atoms with E-state index in [0.29, 0.717) is 51.4 Å². The summed E-state index contributed by atoms with van der Waals surface area (Å²) in [6.45, 7) is 0.600. The van der Waals surface area contributed by atoms with E-state index >= 15 is 0 Å². The predicted molar refractivity (Wildman–Crippen MR) is 117 cm³/mol. The van der Waals surface area contributed by atoms with E-state index in [1.165, 1.54) is 4.57 Å². The molecule has 7 nitrogen and oxygen atoms in total. The van der Waals surface area contributed by atoms with Crippen LogP contribution in [-0.4, -0.2) is 25.9 Å². The summed E-state index contributed by atoms with van der Waals surface area (Å²) in [5.74, 6) is -0.389. The van der Waals surface area contributed by atoms with Crippen molar-refractivity contribution in [2.24, 2.45) is 0 Å². The summed E-state index contributed by atoms with van der Waals surface area (Å²) in [6.07, 6.45) is 1.48. The van der Waals surface area contributed by atoms with Crippen molar-refractivity contribution in [3.05, 3.63) is 80.9 Å². The molecule has 8 heteroatoms. The quantitative estimate of drug-likeness (QED) is 0.462. The normalized spacial score (nSPS) is 13.9. The van der Waals surface area contributed by atoms with E-state index in [-0.39, 0.29) is 17.6 Å². The molecule has 0 saturated heterocycles. The number of nitrogens with one attached hydrogen (secondary N) is 1. The summed E-state index contributed by atoms with van der Waals surface area (Å²) in [6, 6.07) is 13.8. The molecule has 6 rings (SSSR count). The lowest BCUT2D eigenvalue weighted by Gasteiger charge is -2.11. The molecule has 1 N–H and O–H groups in total. The van der Waals surface area contributed by atoms with Crippen LogP contribution in [0.2, 0.25) is 5.02 Å². The zero-order valence-corrected chi connectivity index (χ0v) is 16.9. The molecule has 0 atom stereocenters. The van der Waals surface area contributed by atoms with Crippen LogP contribution in [0.5, 0.6) is 0 Å². The first-order chi connectivity index (χ1) is 15.0. The Hall–Kier alpha value is -3.71. The summed E-state index contributed by atoms with van der Waals surface area (Å²) in [4.78, 5) is 44.0. The lowest BCUT2D eigenvalue weighted by atomic mass is 10.1. The Morgan fingerprint density at radius 1 is 1.03 bits per heavy atom. The molecule has 0 fully saturated rings. The Bertz CT molecular complexity index is 1500. The molecule has 2 aromatic carbocycles. The first-order valence-electron chi connectivity index (χ1n) is 9.94. The van der Waals surface area contributed by atoms with Crippen LogP contribution >= 0.6 is 11.6 Å². The minimum atomic E-state index is -0.415. The highest BCUT2D eigenvalue weighted by Gasteiger charge is 2.36. The van der Waals surface area contributed by atoms with Crippen LogP contribution < -0.4 is 10.9 Å². The van der Waals surface area contributed by atoms with E-state index < -0.39 is 5.56 Å². The molecule has 0 aliphatic carbocycles. The fourth-order valence-electron chi connectivity index (χ4n) is 4.63. The minimum Gasteiger partial charge on any atom is -0.338 e. The van der Waals surface area contributed by atoms with E-state index in [1.54, 1.807) is 48.5 Å². The number of benzene rings is 2. The number of halogens is 1. The van der Waals surface area contributed by atoms with Gasteiger partial charge in [0.05, 0.1) is 16.5 Å². The molecule has 31 heavy (non-hydrogen) atoms. The van der Waals surface area contributed by atoms with Gasteiger partial charge in [0.15, 0.2) is 5.82 Å². The van der Waals surface area contributed by atoms with Crippen LogP contribution in [0.15, 0.2) is 53.3 Å². The highest BCUT2D eigenvalue weighted by molar-refractivity contribution is 6.30. The van der Waals surface area contributed by atoms with E-state index in [2.05, 4.69) is 10.3 Å². The monoisotopic (exact) mass is 430 g/mol. The van der Waals surface area contributed by atoms with Gasteiger partial charge in [0.2, 0.25) is 0 Å². The molecule has 2 aromatic heterocycles. The van der Waals surface area contributed by atoms with Gasteiger partial charge in [0.25, 0.3) is 17.4 Å². The number of aryl methyl sites for hydroxylation is 1. The number of amides is 1. The Balaban J connectivity index is 1.63. The number of aromatic nitrogens is 3. The summed E-state index contributed by atoms with van der Waals surface area (Å²) < 4.78 is 3.27. The number of carbonyl (C=O) groups is 2. The van der Waals surface area contributed by atoms with Crippen LogP contribution in [0.1, 0.15) is 33.0 Å². The molecule has 152 valence electrons. The third kappa shape index (κ3) is 2.47. The molecular weight excluding hydrogens is 416 g/mol. The van der Waals surface area contributed by atoms with Crippen LogP contribution in [0.4, 0.5) is 5.69 Å². The van der Waals surface area contributed by atoms with Gasteiger partial charge in [0.1, 0.15) is 5.69 Å². The zero-order chi connectivity index (χ0) is 21.3. The number of anilines is 1. The van der Waals surface area contributed by atoms with Gasteiger partial charge in [0, 0.05) is 28.5 Å². The van der Waals surface area contributed by atoms with Gasteiger partial charge >= 0.3 is 0 Å². The topological polar surface area (TPSA) is 86.0 Å². The van der Waals surface area contributed by atoms with E-state index in [4.69, 9.17) is 11.6 Å². The van der Waals surface area contributed by atoms with Crippen molar-refractivity contribution in [2.75, 3.05) is 5.32 Å². The van der Waals surface area contributed by atoms with Gasteiger partial charge in [-0.3, -0.25) is 19.0 Å². The molecule has 1 amide bonds. The molecule has 0 radical (unpaired) electrons. The van der Waals surface area contributed by atoms with Crippen molar-refractivity contribution in [2.45, 2.75) is 19.4 Å². The van der Waals surface area contributed by atoms with Crippen molar-refractivity contribution in [1.29, 1.82) is 0 Å². The second kappa shape index (κ2) is 6.39. The minimum absolute atomic E-state index is 0.280. The van der Waals surface area contributed by atoms with E-state index in [1.807, 2.05) is 4.57 Å². The van der Waals surface area contributed by atoms with Crippen LogP contribution in [0, 0.1) is 0 Å². The fraction of sp³-hybridized carbons (Fsp3) is 0.130. The molecule has 0 saturated carbocycles. The molecule has 2 aliphatic heterocycles. The molecule has 2 aliphatic rings. The number of carbonyl (C=O) groups excluding carboxylic acids is 2. The molecule has 4 heterocycles. The molecule has 0 unspecified atom stereocenters. The lowest BCUT2D eigenvalue weighted by Crippen LogP contribution is -2.21. The second-order valence-electron chi connectivity index (χ2n) is 7.66. The largest absolute Gasteiger partial charge is 0.338 e. The lowest BCUT2D eigenvalue weighted by molar-refractivity contribution is 0.0972. The number of nitrogens with zero attached hydrogens (tertiary/aromatic N) is 3. The van der Waals surface area contributed by atoms with Crippen molar-refractivity contribution in [3.63, 3.8) is 0 Å². The van der Waals surface area contributed by atoms with Gasteiger partial charge in [-0.1, -0.05) is 29.8 Å². The van der Waals surface area contributed by atoms with Gasteiger partial charge < -0.3 is 9.88 Å². The third-order valence-electron chi connectivity index (χ3n) is 5.92. The number of fused-ring (bicyclic) bond motifs is 7. The van der Waals surface area contributed by atoms with Crippen molar-refractivity contribution in [1.82, 2.24) is 14.1 Å². The Morgan fingerprint density at radius 2 is 1.77 bits per heavy atom. The molecule has 0 spiro atoms. The van der Waals surface area contributed by atoms with Gasteiger partial charge in [-0.05, 0) is 43.2 Å². The second-order valence-corrected chi connectivity index (χ2v) is 8.10. The smallest absolute Gasteiger partial charge is 0.282 e. The Labute approximate surface area is 180 Å². The van der Waals surface area contributed by atoms with Gasteiger partial charge in [-0.25, -0.2) is 0 Å². The third-order valence-corrected chi connectivity index (χ3v) is 6.17. The van der Waals surface area contributed by atoms with Crippen LogP contribution in [-0.2, 0) is 13.0 Å². The number of hydrogen-bond donors (Lipinski definition) is 1. The summed E-state index contributed by atoms with van der Waals surface area (Å²) in [5.41, 5.74) is 2.62. The molecular formula is C23H15ClN4O3. The fourth-order valence-corrected chi connectivity index (χ4v) is 4.76. The van der Waals surface area contributed by atoms with Crippen molar-refractivity contribution < 1.29 is 9.59 Å². The Morgan fingerprint density at radius 3 is 2.55 bits per heavy atom. The Kier molecular flexibility index (Phi) is 3.73.